The zero-order valence-electron chi connectivity index (χ0n) is 13.2. The third-order valence-corrected chi connectivity index (χ3v) is 4.51. The van der Waals surface area contributed by atoms with Gasteiger partial charge in [-0.25, -0.2) is 0 Å². The number of rotatable bonds is 6. The molecule has 0 saturated carbocycles. The number of hydrogen-bond donors (Lipinski definition) is 1. The highest BCUT2D eigenvalue weighted by atomic mass is 16.5. The predicted octanol–water partition coefficient (Wildman–Crippen LogP) is 1.05. The first-order valence-corrected chi connectivity index (χ1v) is 7.51. The van der Waals surface area contributed by atoms with Gasteiger partial charge in [-0.2, -0.15) is 5.10 Å². The van der Waals surface area contributed by atoms with Crippen LogP contribution >= 0.6 is 0 Å². The Labute approximate surface area is 122 Å². The average molecular weight is 280 g/mol. The Balaban J connectivity index is 1.95. The molecule has 5 nitrogen and oxygen atoms in total. The third-order valence-electron chi connectivity index (χ3n) is 4.51. The van der Waals surface area contributed by atoms with Crippen LogP contribution in [-0.2, 0) is 18.2 Å². The van der Waals surface area contributed by atoms with E-state index in [2.05, 4.69) is 42.4 Å². The van der Waals surface area contributed by atoms with Crippen LogP contribution in [-0.4, -0.2) is 59.6 Å². The van der Waals surface area contributed by atoms with Crippen molar-refractivity contribution in [3.63, 3.8) is 0 Å². The van der Waals surface area contributed by atoms with Crippen molar-refractivity contribution in [3.8, 4) is 0 Å². The molecule has 0 bridgehead atoms. The summed E-state index contributed by atoms with van der Waals surface area (Å²) >= 11 is 0. The molecule has 1 atom stereocenters. The molecule has 0 spiro atoms. The van der Waals surface area contributed by atoms with Crippen LogP contribution in [0.2, 0.25) is 0 Å². The van der Waals surface area contributed by atoms with Crippen LogP contribution in [0.3, 0.4) is 0 Å². The molecule has 1 saturated heterocycles. The fourth-order valence-electron chi connectivity index (χ4n) is 3.12. The fourth-order valence-corrected chi connectivity index (χ4v) is 3.12. The van der Waals surface area contributed by atoms with E-state index in [9.17, 15) is 0 Å². The van der Waals surface area contributed by atoms with Crippen LogP contribution in [0.5, 0.6) is 0 Å². The van der Waals surface area contributed by atoms with Gasteiger partial charge in [0.2, 0.25) is 0 Å². The first kappa shape index (κ1) is 15.5. The number of aromatic nitrogens is 2. The molecular weight excluding hydrogens is 252 g/mol. The normalized spacial score (nSPS) is 19.2. The van der Waals surface area contributed by atoms with E-state index in [-0.39, 0.29) is 5.54 Å². The summed E-state index contributed by atoms with van der Waals surface area (Å²) in [5.74, 6) is 0. The summed E-state index contributed by atoms with van der Waals surface area (Å²) in [6, 6.07) is 0.459. The summed E-state index contributed by atoms with van der Waals surface area (Å²) in [5, 5.41) is 7.75. The number of nitrogens with zero attached hydrogens (tertiary/aromatic N) is 3. The van der Waals surface area contributed by atoms with Gasteiger partial charge in [0.15, 0.2) is 0 Å². The van der Waals surface area contributed by atoms with Gasteiger partial charge in [-0.1, -0.05) is 0 Å². The molecule has 1 aliphatic heterocycles. The lowest BCUT2D eigenvalue weighted by Gasteiger charge is -2.45. The summed E-state index contributed by atoms with van der Waals surface area (Å²) in [7, 11) is 4.03. The minimum atomic E-state index is 0.140. The van der Waals surface area contributed by atoms with Crippen molar-refractivity contribution < 1.29 is 4.74 Å². The van der Waals surface area contributed by atoms with E-state index in [0.29, 0.717) is 6.04 Å². The number of aryl methyl sites for hydroxylation is 2. The molecule has 1 aliphatic rings. The topological polar surface area (TPSA) is 42.3 Å². The standard InChI is InChI=1S/C15H28N4O/c1-15(2,19-7-9-20-10-8-19)14(16-3)6-5-13-11-17-18(4)12-13/h11-12,14,16H,5-10H2,1-4H3. The number of nitrogens with one attached hydrogen (secondary N) is 1. The maximum absolute atomic E-state index is 5.47. The van der Waals surface area contributed by atoms with Crippen LogP contribution in [0.15, 0.2) is 12.4 Å². The van der Waals surface area contributed by atoms with Gasteiger partial charge in [-0.15, -0.1) is 0 Å². The van der Waals surface area contributed by atoms with Crippen molar-refractivity contribution >= 4 is 0 Å². The number of morpholine rings is 1. The van der Waals surface area contributed by atoms with Gasteiger partial charge >= 0.3 is 0 Å². The van der Waals surface area contributed by atoms with Crippen LogP contribution < -0.4 is 5.32 Å². The molecule has 5 heteroatoms. The highest BCUT2D eigenvalue weighted by molar-refractivity contribution is 5.05. The molecule has 1 N–H and O–H groups in total. The van der Waals surface area contributed by atoms with Crippen LogP contribution in [0, 0.1) is 0 Å². The van der Waals surface area contributed by atoms with Crippen molar-refractivity contribution in [1.29, 1.82) is 0 Å². The minimum absolute atomic E-state index is 0.140. The first-order valence-electron chi connectivity index (χ1n) is 7.51. The van der Waals surface area contributed by atoms with Gasteiger partial charge in [0, 0.05) is 37.9 Å². The molecule has 0 aromatic carbocycles. The second kappa shape index (κ2) is 6.70. The van der Waals surface area contributed by atoms with Gasteiger partial charge in [-0.05, 0) is 39.3 Å². The summed E-state index contributed by atoms with van der Waals surface area (Å²) < 4.78 is 7.34. The lowest BCUT2D eigenvalue weighted by molar-refractivity contribution is -0.0234. The van der Waals surface area contributed by atoms with Gasteiger partial charge in [0.05, 0.1) is 19.4 Å². The van der Waals surface area contributed by atoms with Crippen molar-refractivity contribution in [2.24, 2.45) is 7.05 Å². The average Bonchev–Trinajstić information content (AvgIpc) is 2.86. The van der Waals surface area contributed by atoms with Gasteiger partial charge < -0.3 is 10.1 Å². The Morgan fingerprint density at radius 1 is 1.40 bits per heavy atom. The van der Waals surface area contributed by atoms with Crippen molar-refractivity contribution in [2.45, 2.75) is 38.3 Å². The molecule has 2 heterocycles. The summed E-state index contributed by atoms with van der Waals surface area (Å²) in [4.78, 5) is 2.54. The Kier molecular flexibility index (Phi) is 5.18. The SMILES string of the molecule is CNC(CCc1cnn(C)c1)C(C)(C)N1CCOCC1. The first-order chi connectivity index (χ1) is 9.54. The molecule has 0 amide bonds. The maximum Gasteiger partial charge on any atom is 0.0594 e. The van der Waals surface area contributed by atoms with Crippen molar-refractivity contribution in [3.05, 3.63) is 18.0 Å². The largest absolute Gasteiger partial charge is 0.379 e. The number of hydrogen-bond acceptors (Lipinski definition) is 4. The highest BCUT2D eigenvalue weighted by Gasteiger charge is 2.35. The van der Waals surface area contributed by atoms with E-state index >= 15 is 0 Å². The summed E-state index contributed by atoms with van der Waals surface area (Å²) in [6.07, 6.45) is 6.25. The Morgan fingerprint density at radius 2 is 2.10 bits per heavy atom. The lowest BCUT2D eigenvalue weighted by atomic mass is 9.88. The molecule has 2 rings (SSSR count). The zero-order valence-corrected chi connectivity index (χ0v) is 13.2. The molecule has 1 aromatic heterocycles. The van der Waals surface area contributed by atoms with E-state index in [1.807, 2.05) is 17.9 Å². The zero-order chi connectivity index (χ0) is 14.6. The van der Waals surface area contributed by atoms with Gasteiger partial charge in [0.25, 0.3) is 0 Å². The van der Waals surface area contributed by atoms with E-state index in [4.69, 9.17) is 4.74 Å². The third kappa shape index (κ3) is 3.59. The molecule has 0 aliphatic carbocycles. The van der Waals surface area contributed by atoms with E-state index in [1.165, 1.54) is 5.56 Å². The molecule has 20 heavy (non-hydrogen) atoms. The van der Waals surface area contributed by atoms with Gasteiger partial charge in [0.1, 0.15) is 0 Å². The van der Waals surface area contributed by atoms with Crippen molar-refractivity contribution in [2.75, 3.05) is 33.4 Å². The minimum Gasteiger partial charge on any atom is -0.379 e. The molecule has 1 aromatic rings. The maximum atomic E-state index is 5.47. The van der Waals surface area contributed by atoms with Crippen LogP contribution in [0.25, 0.3) is 0 Å². The lowest BCUT2D eigenvalue weighted by Crippen LogP contribution is -2.59. The monoisotopic (exact) mass is 280 g/mol. The Hall–Kier alpha value is -0.910. The molecule has 0 radical (unpaired) electrons. The predicted molar refractivity (Wildman–Crippen MR) is 80.8 cm³/mol. The highest BCUT2D eigenvalue weighted by Crippen LogP contribution is 2.23. The number of likely N-dealkylation sites (N-methyl/N-ethyl adjacent to an activating group) is 1. The van der Waals surface area contributed by atoms with Crippen LogP contribution in [0.1, 0.15) is 25.8 Å². The summed E-state index contributed by atoms with van der Waals surface area (Å²) in [6.45, 7) is 8.42. The Bertz CT molecular complexity index is 410. The summed E-state index contributed by atoms with van der Waals surface area (Å²) in [5.41, 5.74) is 1.45. The van der Waals surface area contributed by atoms with Crippen molar-refractivity contribution in [1.82, 2.24) is 20.0 Å². The fraction of sp³-hybridized carbons (Fsp3) is 0.800. The molecule has 1 unspecified atom stereocenters. The van der Waals surface area contributed by atoms with Gasteiger partial charge in [-0.3, -0.25) is 9.58 Å². The van der Waals surface area contributed by atoms with E-state index in [0.717, 1.165) is 39.1 Å². The van der Waals surface area contributed by atoms with E-state index in [1.54, 1.807) is 0 Å². The molecule has 114 valence electrons. The second-order valence-electron chi connectivity index (χ2n) is 6.16. The Morgan fingerprint density at radius 3 is 2.65 bits per heavy atom. The van der Waals surface area contributed by atoms with E-state index < -0.39 is 0 Å². The smallest absolute Gasteiger partial charge is 0.0594 e. The quantitative estimate of drug-likeness (QED) is 0.846. The number of ether oxygens (including phenoxy) is 1. The molecule has 1 fully saturated rings. The van der Waals surface area contributed by atoms with Crippen LogP contribution in [0.4, 0.5) is 0 Å². The second-order valence-corrected chi connectivity index (χ2v) is 6.16. The molecular formula is C15H28N4O.